The summed E-state index contributed by atoms with van der Waals surface area (Å²) in [6.07, 6.45) is 13.0. The summed E-state index contributed by atoms with van der Waals surface area (Å²) in [5, 5.41) is 19.1. The summed E-state index contributed by atoms with van der Waals surface area (Å²) in [5.41, 5.74) is 11.3. The highest BCUT2D eigenvalue weighted by atomic mass is 79.9. The van der Waals surface area contributed by atoms with Crippen molar-refractivity contribution >= 4 is 66.5 Å². The predicted octanol–water partition coefficient (Wildman–Crippen LogP) is 5.99. The molecular formula is C30H38Br2N8O4. The molecule has 0 bridgehead atoms. The van der Waals surface area contributed by atoms with E-state index < -0.39 is 22.8 Å². The maximum atomic E-state index is 11.7. The quantitative estimate of drug-likeness (QED) is 0.194. The third-order valence-electron chi connectivity index (χ3n) is 9.67. The molecule has 0 aliphatic heterocycles. The molecule has 12 nitrogen and oxygen atoms in total. The van der Waals surface area contributed by atoms with Crippen LogP contribution in [0.3, 0.4) is 0 Å². The molecule has 0 aromatic carbocycles. The minimum Gasteiger partial charge on any atom is -0.481 e. The Morgan fingerprint density at radius 2 is 1.09 bits per heavy atom. The lowest BCUT2D eigenvalue weighted by Gasteiger charge is -2.41. The van der Waals surface area contributed by atoms with Crippen LogP contribution in [0.4, 0.5) is 11.6 Å². The van der Waals surface area contributed by atoms with Crippen LogP contribution >= 0.6 is 31.9 Å². The van der Waals surface area contributed by atoms with Gasteiger partial charge >= 0.3 is 11.9 Å². The lowest BCUT2D eigenvalue weighted by atomic mass is 9.63. The average Bonchev–Trinajstić information content (AvgIpc) is 3.48. The molecule has 4 aromatic rings. The molecule has 14 heteroatoms. The van der Waals surface area contributed by atoms with E-state index in [2.05, 4.69) is 65.6 Å². The van der Waals surface area contributed by atoms with E-state index in [9.17, 15) is 19.8 Å². The van der Waals surface area contributed by atoms with E-state index in [1.165, 1.54) is 0 Å². The third kappa shape index (κ3) is 5.44. The number of imidazole rings is 2. The number of carboxylic acids is 2. The van der Waals surface area contributed by atoms with Crippen molar-refractivity contribution in [2.24, 2.45) is 10.8 Å². The molecule has 4 aromatic heterocycles. The zero-order valence-corrected chi connectivity index (χ0v) is 28.4. The Morgan fingerprint density at radius 3 is 1.43 bits per heavy atom. The normalized spacial score (nSPS) is 28.9. The van der Waals surface area contributed by atoms with Gasteiger partial charge in [0.05, 0.1) is 10.8 Å². The molecule has 0 radical (unpaired) electrons. The van der Waals surface area contributed by atoms with Gasteiger partial charge in [-0.3, -0.25) is 18.4 Å². The van der Waals surface area contributed by atoms with E-state index in [0.717, 1.165) is 48.4 Å². The van der Waals surface area contributed by atoms with Gasteiger partial charge in [-0.2, -0.15) is 0 Å². The maximum absolute atomic E-state index is 11.7. The van der Waals surface area contributed by atoms with Gasteiger partial charge in [-0.15, -0.1) is 0 Å². The minimum absolute atomic E-state index is 0.311. The van der Waals surface area contributed by atoms with Gasteiger partial charge in [0.15, 0.2) is 11.6 Å². The van der Waals surface area contributed by atoms with Gasteiger partial charge in [-0.05, 0) is 84.2 Å². The van der Waals surface area contributed by atoms with E-state index in [4.69, 9.17) is 11.5 Å². The monoisotopic (exact) mass is 732 g/mol. The van der Waals surface area contributed by atoms with Crippen LogP contribution in [0.5, 0.6) is 0 Å². The molecular weight excluding hydrogens is 696 g/mol. The number of rotatable bonds is 4. The number of aliphatic carboxylic acids is 2. The van der Waals surface area contributed by atoms with Crippen LogP contribution in [0.25, 0.3) is 11.0 Å². The second-order valence-corrected chi connectivity index (χ2v) is 14.9. The molecule has 2 aliphatic rings. The van der Waals surface area contributed by atoms with Gasteiger partial charge in [-0.25, -0.2) is 19.9 Å². The van der Waals surface area contributed by atoms with Crippen LogP contribution < -0.4 is 11.5 Å². The number of hydrogen-bond donors (Lipinski definition) is 4. The van der Waals surface area contributed by atoms with Crippen molar-refractivity contribution in [2.45, 2.75) is 89.9 Å². The van der Waals surface area contributed by atoms with E-state index in [0.29, 0.717) is 46.5 Å². The number of fused-ring (bicyclic) bond motifs is 2. The molecule has 0 saturated heterocycles. The third-order valence-corrected chi connectivity index (χ3v) is 10.8. The molecule has 0 unspecified atom stereocenters. The van der Waals surface area contributed by atoms with Crippen LogP contribution in [0.1, 0.15) is 90.7 Å². The standard InChI is InChI=1S/2C15H19BrN4O2/c2*1-14(4-3-5-15(2,8-14)13(21)22)12-19-10(16)9-11(17)18-6-7-20(9)12/h2*6-7H,3-5,8H2,1-2H3,(H2,17,18)(H,21,22)/t14-,15+;14-,15-/m11/s1. The molecule has 4 atom stereocenters. The highest BCUT2D eigenvalue weighted by Gasteiger charge is 2.48. The van der Waals surface area contributed by atoms with Gasteiger partial charge in [0.25, 0.3) is 0 Å². The average molecular weight is 734 g/mol. The summed E-state index contributed by atoms with van der Waals surface area (Å²) in [6, 6.07) is 0. The maximum Gasteiger partial charge on any atom is 0.309 e. The molecule has 0 amide bonds. The van der Waals surface area contributed by atoms with Crippen LogP contribution in [0.2, 0.25) is 0 Å². The summed E-state index contributed by atoms with van der Waals surface area (Å²) < 4.78 is 5.16. The lowest BCUT2D eigenvalue weighted by Crippen LogP contribution is -2.41. The highest BCUT2D eigenvalue weighted by molar-refractivity contribution is 9.10. The van der Waals surface area contributed by atoms with E-state index in [-0.39, 0.29) is 10.8 Å². The number of carbonyl (C=O) groups is 2. The van der Waals surface area contributed by atoms with Gasteiger partial charge < -0.3 is 21.7 Å². The molecule has 4 heterocycles. The Hall–Kier alpha value is -3.26. The lowest BCUT2D eigenvalue weighted by molar-refractivity contribution is -0.152. The summed E-state index contributed by atoms with van der Waals surface area (Å²) >= 11 is 6.90. The number of nitrogens with zero attached hydrogens (tertiary/aromatic N) is 6. The van der Waals surface area contributed by atoms with Gasteiger partial charge in [0.2, 0.25) is 0 Å². The van der Waals surface area contributed by atoms with Crippen LogP contribution in [-0.2, 0) is 20.4 Å². The van der Waals surface area contributed by atoms with Crippen molar-refractivity contribution in [3.05, 3.63) is 45.6 Å². The molecule has 6 N–H and O–H groups in total. The second kappa shape index (κ2) is 11.3. The van der Waals surface area contributed by atoms with Crippen molar-refractivity contribution in [1.29, 1.82) is 0 Å². The molecule has 2 aliphatic carbocycles. The zero-order valence-electron chi connectivity index (χ0n) is 25.3. The second-order valence-electron chi connectivity index (χ2n) is 13.4. The van der Waals surface area contributed by atoms with E-state index in [1.54, 1.807) is 12.4 Å². The van der Waals surface area contributed by atoms with Crippen LogP contribution in [-0.4, -0.2) is 50.9 Å². The molecule has 2 fully saturated rings. The van der Waals surface area contributed by atoms with Crippen molar-refractivity contribution in [3.8, 4) is 0 Å². The molecule has 0 spiro atoms. The number of anilines is 2. The first-order valence-corrected chi connectivity index (χ1v) is 16.2. The largest absolute Gasteiger partial charge is 0.481 e. The summed E-state index contributed by atoms with van der Waals surface area (Å²) in [5.74, 6) is 1.03. The fourth-order valence-corrected chi connectivity index (χ4v) is 8.58. The first kappa shape index (κ1) is 32.1. The summed E-state index contributed by atoms with van der Waals surface area (Å²) in [6.45, 7) is 7.83. The van der Waals surface area contributed by atoms with Gasteiger partial charge in [-0.1, -0.05) is 26.7 Å². The smallest absolute Gasteiger partial charge is 0.309 e. The number of halogens is 2. The topological polar surface area (TPSA) is 187 Å². The number of aromatic nitrogens is 6. The SMILES string of the molecule is C[C@@]1(C(=O)O)CCC[C@@](C)(c2nc(Br)c3c(N)nccn23)C1.C[C@]1(C(=O)O)CCC[C@@](C)(c2nc(Br)c3c(N)nccn23)C1. The Bertz CT molecular complexity index is 1650. The fraction of sp³-hybridized carbons (Fsp3) is 0.533. The molecule has 44 heavy (non-hydrogen) atoms. The summed E-state index contributed by atoms with van der Waals surface area (Å²) in [4.78, 5) is 40.8. The summed E-state index contributed by atoms with van der Waals surface area (Å²) in [7, 11) is 0. The minimum atomic E-state index is -0.737. The van der Waals surface area contributed by atoms with Crippen molar-refractivity contribution < 1.29 is 19.8 Å². The predicted molar refractivity (Wildman–Crippen MR) is 173 cm³/mol. The first-order valence-electron chi connectivity index (χ1n) is 14.6. The molecule has 2 saturated carbocycles. The van der Waals surface area contributed by atoms with Gasteiger partial charge in [0.1, 0.15) is 31.9 Å². The number of carboxylic acid groups (broad SMARTS) is 2. The number of nitrogens with two attached hydrogens (primary N) is 2. The van der Waals surface area contributed by atoms with Crippen molar-refractivity contribution in [2.75, 3.05) is 11.5 Å². The van der Waals surface area contributed by atoms with Crippen molar-refractivity contribution in [1.82, 2.24) is 28.7 Å². The molecule has 6 rings (SSSR count). The highest BCUT2D eigenvalue weighted by Crippen LogP contribution is 2.49. The fourth-order valence-electron chi connectivity index (χ4n) is 7.45. The van der Waals surface area contributed by atoms with E-state index >= 15 is 0 Å². The van der Waals surface area contributed by atoms with Crippen molar-refractivity contribution in [3.63, 3.8) is 0 Å². The Balaban J connectivity index is 0.000000175. The number of hydrogen-bond acceptors (Lipinski definition) is 8. The Morgan fingerprint density at radius 1 is 0.727 bits per heavy atom. The van der Waals surface area contributed by atoms with E-state index in [1.807, 2.05) is 35.0 Å². The van der Waals surface area contributed by atoms with Gasteiger partial charge in [0, 0.05) is 35.6 Å². The Kier molecular flexibility index (Phi) is 8.23. The number of nitrogen functional groups attached to an aromatic ring is 2. The Labute approximate surface area is 271 Å². The van der Waals surface area contributed by atoms with Crippen LogP contribution in [0.15, 0.2) is 34.0 Å². The first-order chi connectivity index (χ1) is 20.5. The molecule has 236 valence electrons. The zero-order chi connectivity index (χ0) is 32.2. The van der Waals surface area contributed by atoms with Crippen LogP contribution in [0, 0.1) is 10.8 Å².